The predicted octanol–water partition coefficient (Wildman–Crippen LogP) is 4.82. The van der Waals surface area contributed by atoms with E-state index in [4.69, 9.17) is 10.8 Å². The summed E-state index contributed by atoms with van der Waals surface area (Å²) >= 11 is 0. The van der Waals surface area contributed by atoms with Gasteiger partial charge in [-0.3, -0.25) is 4.79 Å². The molecule has 1 fully saturated rings. The van der Waals surface area contributed by atoms with Crippen LogP contribution >= 0.6 is 0 Å². The number of halogens is 2. The lowest BCUT2D eigenvalue weighted by Crippen LogP contribution is -2.32. The zero-order chi connectivity index (χ0) is 28.4. The predicted molar refractivity (Wildman–Crippen MR) is 151 cm³/mol. The standard InChI is InChI=1S/C30H31F2N7O/c1-19-7-9-24(36-29(40)22-5-4-6-23(15-22)30(2,31)32)16-21(19)8-10-25-26-27(33)34-18-35-28(26)39(37-25)17-20-11-13-38(3)14-12-20/h4-7,9,15-16,18,20H,11-14,17H2,1-3H3,(H,36,40)(H2,33,34,35). The van der Waals surface area contributed by atoms with E-state index in [1.54, 1.807) is 12.1 Å². The van der Waals surface area contributed by atoms with Crippen LogP contribution in [0.3, 0.4) is 0 Å². The molecule has 5 rings (SSSR count). The van der Waals surface area contributed by atoms with Crippen LogP contribution in [0.2, 0.25) is 0 Å². The van der Waals surface area contributed by atoms with Crippen LogP contribution in [0, 0.1) is 24.7 Å². The number of nitrogens with two attached hydrogens (primary N) is 1. The second-order valence-corrected chi connectivity index (χ2v) is 10.4. The number of likely N-dealkylation sites (tertiary alicyclic amines) is 1. The highest BCUT2D eigenvalue weighted by atomic mass is 19.3. The van der Waals surface area contributed by atoms with Crippen LogP contribution in [0.25, 0.3) is 11.0 Å². The maximum Gasteiger partial charge on any atom is 0.270 e. The third kappa shape index (κ3) is 5.95. The van der Waals surface area contributed by atoms with Crippen LogP contribution in [0.15, 0.2) is 48.8 Å². The van der Waals surface area contributed by atoms with Gasteiger partial charge < -0.3 is 16.0 Å². The van der Waals surface area contributed by atoms with Crippen molar-refractivity contribution in [3.8, 4) is 11.8 Å². The quantitative estimate of drug-likeness (QED) is 0.350. The number of aryl methyl sites for hydroxylation is 1. The topological polar surface area (TPSA) is 102 Å². The molecule has 40 heavy (non-hydrogen) atoms. The minimum absolute atomic E-state index is 0.143. The van der Waals surface area contributed by atoms with E-state index >= 15 is 0 Å². The fraction of sp³-hybridized carbons (Fsp3) is 0.333. The van der Waals surface area contributed by atoms with Gasteiger partial charge in [0.1, 0.15) is 17.8 Å². The van der Waals surface area contributed by atoms with E-state index in [1.165, 1.54) is 30.6 Å². The molecule has 3 heterocycles. The number of nitrogen functional groups attached to an aromatic ring is 1. The minimum Gasteiger partial charge on any atom is -0.383 e. The molecule has 2 aromatic heterocycles. The number of hydrogen-bond donors (Lipinski definition) is 2. The van der Waals surface area contributed by atoms with Gasteiger partial charge in [0.15, 0.2) is 5.65 Å². The zero-order valence-corrected chi connectivity index (χ0v) is 22.7. The normalized spacial score (nSPS) is 14.6. The Labute approximate surface area is 231 Å². The molecule has 1 saturated heterocycles. The van der Waals surface area contributed by atoms with E-state index in [2.05, 4.69) is 39.1 Å². The third-order valence-electron chi connectivity index (χ3n) is 7.27. The summed E-state index contributed by atoms with van der Waals surface area (Å²) in [6.07, 6.45) is 3.61. The van der Waals surface area contributed by atoms with Gasteiger partial charge >= 0.3 is 0 Å². The lowest BCUT2D eigenvalue weighted by Gasteiger charge is -2.28. The molecular formula is C30H31F2N7O. The number of carbonyl (C=O) groups is 1. The van der Waals surface area contributed by atoms with Crippen LogP contribution in [-0.2, 0) is 12.5 Å². The summed E-state index contributed by atoms with van der Waals surface area (Å²) in [5, 5.41) is 8.16. The monoisotopic (exact) mass is 543 g/mol. The third-order valence-corrected chi connectivity index (χ3v) is 7.27. The summed E-state index contributed by atoms with van der Waals surface area (Å²) in [6, 6.07) is 10.8. The first-order valence-corrected chi connectivity index (χ1v) is 13.2. The Morgan fingerprint density at radius 2 is 1.93 bits per heavy atom. The molecule has 0 bridgehead atoms. The van der Waals surface area contributed by atoms with E-state index in [1.807, 2.05) is 17.7 Å². The van der Waals surface area contributed by atoms with Crippen molar-refractivity contribution >= 4 is 28.4 Å². The van der Waals surface area contributed by atoms with Crippen LogP contribution in [-0.4, -0.2) is 50.7 Å². The molecule has 0 aliphatic carbocycles. The largest absolute Gasteiger partial charge is 0.383 e. The Balaban J connectivity index is 1.41. The second kappa shape index (κ2) is 11.0. The fourth-order valence-electron chi connectivity index (χ4n) is 4.83. The molecule has 8 nitrogen and oxygen atoms in total. The summed E-state index contributed by atoms with van der Waals surface area (Å²) in [5.74, 6) is 3.58. The molecule has 0 spiro atoms. The number of nitrogens with zero attached hydrogens (tertiary/aromatic N) is 5. The number of rotatable bonds is 5. The van der Waals surface area contributed by atoms with Gasteiger partial charge in [0.05, 0.1) is 5.39 Å². The number of anilines is 2. The summed E-state index contributed by atoms with van der Waals surface area (Å²) in [6.45, 7) is 5.55. The summed E-state index contributed by atoms with van der Waals surface area (Å²) < 4.78 is 29.3. The van der Waals surface area contributed by atoms with Crippen molar-refractivity contribution in [3.05, 3.63) is 76.7 Å². The average Bonchev–Trinajstić information content (AvgIpc) is 3.28. The molecule has 206 valence electrons. The van der Waals surface area contributed by atoms with Gasteiger partial charge in [-0.1, -0.05) is 24.1 Å². The average molecular weight is 544 g/mol. The number of piperidine rings is 1. The van der Waals surface area contributed by atoms with E-state index in [-0.39, 0.29) is 11.1 Å². The van der Waals surface area contributed by atoms with Crippen molar-refractivity contribution in [2.75, 3.05) is 31.2 Å². The van der Waals surface area contributed by atoms with Crippen LogP contribution in [0.5, 0.6) is 0 Å². The highest BCUT2D eigenvalue weighted by Crippen LogP contribution is 2.28. The SMILES string of the molecule is Cc1ccc(NC(=O)c2cccc(C(C)(F)F)c2)cc1C#Cc1nn(CC2CCN(C)CC2)c2ncnc(N)c12. The first kappa shape index (κ1) is 27.2. The number of alkyl halides is 2. The summed E-state index contributed by atoms with van der Waals surface area (Å²) in [4.78, 5) is 23.7. The minimum atomic E-state index is -3.04. The molecule has 10 heteroatoms. The van der Waals surface area contributed by atoms with E-state index in [9.17, 15) is 13.6 Å². The van der Waals surface area contributed by atoms with Crippen LogP contribution in [0.4, 0.5) is 20.3 Å². The van der Waals surface area contributed by atoms with E-state index in [0.29, 0.717) is 39.7 Å². The number of amides is 1. The lowest BCUT2D eigenvalue weighted by molar-refractivity contribution is 0.0174. The fourth-order valence-corrected chi connectivity index (χ4v) is 4.83. The Kier molecular flexibility index (Phi) is 7.50. The molecule has 1 aliphatic heterocycles. The zero-order valence-electron chi connectivity index (χ0n) is 22.7. The lowest BCUT2D eigenvalue weighted by atomic mass is 9.97. The summed E-state index contributed by atoms with van der Waals surface area (Å²) in [7, 11) is 2.13. The van der Waals surface area contributed by atoms with Gasteiger partial charge in [-0.05, 0) is 81.6 Å². The Hall–Kier alpha value is -4.36. The molecular weight excluding hydrogens is 512 g/mol. The smallest absolute Gasteiger partial charge is 0.270 e. The number of hydrogen-bond acceptors (Lipinski definition) is 6. The van der Waals surface area contributed by atoms with Crippen molar-refractivity contribution in [2.24, 2.45) is 5.92 Å². The maximum absolute atomic E-state index is 13.7. The molecule has 3 N–H and O–H groups in total. The maximum atomic E-state index is 13.7. The second-order valence-electron chi connectivity index (χ2n) is 10.4. The highest BCUT2D eigenvalue weighted by molar-refractivity contribution is 6.04. The Morgan fingerprint density at radius 1 is 1.15 bits per heavy atom. The van der Waals surface area contributed by atoms with Crippen LogP contribution < -0.4 is 11.1 Å². The van der Waals surface area contributed by atoms with Gasteiger partial charge in [0, 0.05) is 35.8 Å². The van der Waals surface area contributed by atoms with Gasteiger partial charge in [-0.2, -0.15) is 5.10 Å². The number of aromatic nitrogens is 4. The summed E-state index contributed by atoms with van der Waals surface area (Å²) in [5.41, 5.74) is 9.37. The van der Waals surface area contributed by atoms with Crippen molar-refractivity contribution < 1.29 is 13.6 Å². The van der Waals surface area contributed by atoms with E-state index < -0.39 is 11.8 Å². The van der Waals surface area contributed by atoms with Crippen LogP contribution in [0.1, 0.15) is 52.5 Å². The molecule has 0 atom stereocenters. The molecule has 1 amide bonds. The number of fused-ring (bicyclic) bond motifs is 1. The number of benzene rings is 2. The van der Waals surface area contributed by atoms with Crippen molar-refractivity contribution in [2.45, 2.75) is 39.2 Å². The van der Waals surface area contributed by atoms with Gasteiger partial charge in [0.2, 0.25) is 0 Å². The first-order chi connectivity index (χ1) is 19.1. The Morgan fingerprint density at radius 3 is 2.67 bits per heavy atom. The molecule has 1 aliphatic rings. The van der Waals surface area contributed by atoms with E-state index in [0.717, 1.165) is 45.0 Å². The molecule has 2 aromatic carbocycles. The number of nitrogens with one attached hydrogen (secondary N) is 1. The van der Waals surface area contributed by atoms with Gasteiger partial charge in [-0.15, -0.1) is 0 Å². The number of carbonyl (C=O) groups excluding carboxylic acids is 1. The van der Waals surface area contributed by atoms with Crippen molar-refractivity contribution in [1.82, 2.24) is 24.6 Å². The van der Waals surface area contributed by atoms with Crippen molar-refractivity contribution in [3.63, 3.8) is 0 Å². The molecule has 4 aromatic rings. The van der Waals surface area contributed by atoms with Crippen molar-refractivity contribution in [1.29, 1.82) is 0 Å². The van der Waals surface area contributed by atoms with Gasteiger partial charge in [-0.25, -0.2) is 23.4 Å². The molecule has 0 unspecified atom stereocenters. The molecule has 0 saturated carbocycles. The molecule has 0 radical (unpaired) electrons. The van der Waals surface area contributed by atoms with Gasteiger partial charge in [0.25, 0.3) is 11.8 Å². The first-order valence-electron chi connectivity index (χ1n) is 13.2. The highest BCUT2D eigenvalue weighted by Gasteiger charge is 2.25. The Bertz CT molecular complexity index is 1620.